The van der Waals surface area contributed by atoms with E-state index >= 15 is 0 Å². The van der Waals surface area contributed by atoms with Crippen molar-refractivity contribution >= 4 is 10.9 Å². The van der Waals surface area contributed by atoms with E-state index in [1.807, 2.05) is 41.1 Å². The largest absolute Gasteiger partial charge is 0.497 e. The van der Waals surface area contributed by atoms with Crippen LogP contribution in [-0.4, -0.2) is 43.2 Å². The summed E-state index contributed by atoms with van der Waals surface area (Å²) in [5, 5.41) is 13.7. The van der Waals surface area contributed by atoms with Crippen LogP contribution >= 0.6 is 0 Å². The fourth-order valence-corrected chi connectivity index (χ4v) is 5.28. The highest BCUT2D eigenvalue weighted by molar-refractivity contribution is 5.80. The van der Waals surface area contributed by atoms with Crippen LogP contribution in [0.15, 0.2) is 51.9 Å². The topological polar surface area (TPSA) is 102 Å². The van der Waals surface area contributed by atoms with Gasteiger partial charge in [-0.2, -0.15) is 0 Å². The Bertz CT molecular complexity index is 1320. The van der Waals surface area contributed by atoms with Crippen LogP contribution in [0.4, 0.5) is 0 Å². The summed E-state index contributed by atoms with van der Waals surface area (Å²) in [5.41, 5.74) is 1.46. The van der Waals surface area contributed by atoms with Crippen LogP contribution in [0.1, 0.15) is 62.7 Å². The molecule has 35 heavy (non-hydrogen) atoms. The summed E-state index contributed by atoms with van der Waals surface area (Å²) in [6.45, 7) is 5.36. The fraction of sp³-hybridized carbons (Fsp3) is 0.462. The van der Waals surface area contributed by atoms with E-state index < -0.39 is 0 Å². The van der Waals surface area contributed by atoms with Crippen LogP contribution in [0.3, 0.4) is 0 Å². The van der Waals surface area contributed by atoms with Gasteiger partial charge in [0, 0.05) is 29.1 Å². The van der Waals surface area contributed by atoms with Crippen molar-refractivity contribution < 1.29 is 9.15 Å². The Balaban J connectivity index is 1.53. The summed E-state index contributed by atoms with van der Waals surface area (Å²) < 4.78 is 12.8. The van der Waals surface area contributed by atoms with Gasteiger partial charge in [0.15, 0.2) is 5.82 Å². The number of methoxy groups -OCH3 is 1. The minimum absolute atomic E-state index is 0.0523. The number of ether oxygens (including phenoxy) is 1. The number of benzene rings is 1. The first-order valence-electron chi connectivity index (χ1n) is 12.3. The molecule has 0 amide bonds. The SMILES string of the molecule is COc1ccc2[nH]c(=O)c(CN(C3CCCC3)[C@H](c3nnnn3Cc3ccco3)C(C)C)cc2c1. The lowest BCUT2D eigenvalue weighted by Crippen LogP contribution is -2.41. The van der Waals surface area contributed by atoms with Gasteiger partial charge < -0.3 is 14.1 Å². The lowest BCUT2D eigenvalue weighted by molar-refractivity contribution is 0.0842. The summed E-state index contributed by atoms with van der Waals surface area (Å²) in [5.74, 6) is 2.59. The predicted molar refractivity (Wildman–Crippen MR) is 132 cm³/mol. The van der Waals surface area contributed by atoms with E-state index in [0.29, 0.717) is 19.1 Å². The number of hydrogen-bond donors (Lipinski definition) is 1. The van der Waals surface area contributed by atoms with Gasteiger partial charge in [-0.05, 0) is 65.6 Å². The van der Waals surface area contributed by atoms with Crippen LogP contribution < -0.4 is 10.3 Å². The Hall–Kier alpha value is -3.46. The van der Waals surface area contributed by atoms with Gasteiger partial charge in [-0.25, -0.2) is 4.68 Å². The number of hydrogen-bond acceptors (Lipinski definition) is 7. The highest BCUT2D eigenvalue weighted by Gasteiger charge is 2.35. The normalized spacial score (nSPS) is 15.5. The molecule has 1 atom stereocenters. The average Bonchev–Trinajstić information content (AvgIpc) is 3.63. The maximum Gasteiger partial charge on any atom is 0.252 e. The lowest BCUT2D eigenvalue weighted by Gasteiger charge is -2.37. The molecule has 1 N–H and O–H groups in total. The highest BCUT2D eigenvalue weighted by atomic mass is 16.5. The van der Waals surface area contributed by atoms with Crippen molar-refractivity contribution in [3.8, 4) is 5.75 Å². The Morgan fingerprint density at radius 1 is 1.23 bits per heavy atom. The highest BCUT2D eigenvalue weighted by Crippen LogP contribution is 2.36. The predicted octanol–water partition coefficient (Wildman–Crippen LogP) is 4.31. The number of fused-ring (bicyclic) bond motifs is 1. The molecule has 1 aliphatic rings. The smallest absolute Gasteiger partial charge is 0.252 e. The zero-order valence-electron chi connectivity index (χ0n) is 20.5. The molecule has 0 aliphatic heterocycles. The molecule has 3 aromatic heterocycles. The maximum absolute atomic E-state index is 13.1. The molecule has 1 fully saturated rings. The third kappa shape index (κ3) is 4.86. The number of nitrogens with one attached hydrogen (secondary N) is 1. The zero-order valence-corrected chi connectivity index (χ0v) is 20.5. The molecule has 0 saturated heterocycles. The second kappa shape index (κ2) is 10.0. The van der Waals surface area contributed by atoms with E-state index in [2.05, 4.69) is 39.3 Å². The maximum atomic E-state index is 13.1. The first kappa shape index (κ1) is 23.3. The van der Waals surface area contributed by atoms with Crippen molar-refractivity contribution in [2.45, 2.75) is 64.7 Å². The molecule has 0 unspecified atom stereocenters. The zero-order chi connectivity index (χ0) is 24.4. The summed E-state index contributed by atoms with van der Waals surface area (Å²) in [4.78, 5) is 18.6. The molecule has 3 heterocycles. The molecule has 1 saturated carbocycles. The second-order valence-corrected chi connectivity index (χ2v) is 9.65. The Morgan fingerprint density at radius 3 is 2.77 bits per heavy atom. The summed E-state index contributed by atoms with van der Waals surface area (Å²) in [7, 11) is 1.65. The molecule has 1 aliphatic carbocycles. The molecule has 9 nitrogen and oxygen atoms in total. The fourth-order valence-electron chi connectivity index (χ4n) is 5.28. The molecule has 0 radical (unpaired) electrons. The number of aromatic amines is 1. The van der Waals surface area contributed by atoms with Crippen LogP contribution in [0.5, 0.6) is 5.75 Å². The van der Waals surface area contributed by atoms with Crippen molar-refractivity contribution in [2.24, 2.45) is 5.92 Å². The molecule has 5 rings (SSSR count). The molecule has 0 spiro atoms. The second-order valence-electron chi connectivity index (χ2n) is 9.65. The lowest BCUT2D eigenvalue weighted by atomic mass is 9.97. The van der Waals surface area contributed by atoms with Gasteiger partial charge >= 0.3 is 0 Å². The van der Waals surface area contributed by atoms with E-state index in [1.165, 1.54) is 12.8 Å². The Morgan fingerprint density at radius 2 is 2.06 bits per heavy atom. The molecule has 9 heteroatoms. The van der Waals surface area contributed by atoms with E-state index in [0.717, 1.165) is 46.6 Å². The summed E-state index contributed by atoms with van der Waals surface area (Å²) in [6, 6.07) is 11.8. The van der Waals surface area contributed by atoms with Gasteiger partial charge in [-0.3, -0.25) is 9.69 Å². The third-order valence-corrected chi connectivity index (χ3v) is 6.97. The minimum atomic E-state index is -0.0663. The van der Waals surface area contributed by atoms with E-state index in [-0.39, 0.29) is 17.5 Å². The Labute approximate surface area is 204 Å². The van der Waals surface area contributed by atoms with Crippen molar-refractivity contribution in [2.75, 3.05) is 7.11 Å². The minimum Gasteiger partial charge on any atom is -0.497 e. The number of nitrogens with zero attached hydrogens (tertiary/aromatic N) is 5. The summed E-state index contributed by atoms with van der Waals surface area (Å²) >= 11 is 0. The number of rotatable bonds is 9. The third-order valence-electron chi connectivity index (χ3n) is 6.97. The van der Waals surface area contributed by atoms with Crippen molar-refractivity contribution in [3.63, 3.8) is 0 Å². The molecular formula is C26H32N6O3. The number of H-pyrrole nitrogens is 1. The molecule has 0 bridgehead atoms. The van der Waals surface area contributed by atoms with Gasteiger partial charge in [0.1, 0.15) is 18.1 Å². The van der Waals surface area contributed by atoms with E-state index in [9.17, 15) is 4.79 Å². The quantitative estimate of drug-likeness (QED) is 0.384. The van der Waals surface area contributed by atoms with Crippen molar-refractivity contribution in [3.05, 3.63) is 70.2 Å². The van der Waals surface area contributed by atoms with E-state index in [4.69, 9.17) is 9.15 Å². The summed E-state index contributed by atoms with van der Waals surface area (Å²) in [6.07, 6.45) is 6.23. The van der Waals surface area contributed by atoms with Crippen LogP contribution in [0.2, 0.25) is 0 Å². The van der Waals surface area contributed by atoms with Gasteiger partial charge in [0.25, 0.3) is 5.56 Å². The van der Waals surface area contributed by atoms with Crippen LogP contribution in [-0.2, 0) is 13.1 Å². The standard InChI is InChI=1S/C26H32N6O3/c1-17(2)24(25-28-29-30-32(25)16-22-9-6-12-35-22)31(20-7-4-5-8-20)15-19-13-18-14-21(34-3)10-11-23(18)27-26(19)33/h6,9-14,17,20,24H,4-5,7-8,15-16H2,1-3H3,(H,27,33)/t24-/m0/s1. The van der Waals surface area contributed by atoms with E-state index in [1.54, 1.807) is 13.4 Å². The van der Waals surface area contributed by atoms with Gasteiger partial charge in [0.2, 0.25) is 0 Å². The van der Waals surface area contributed by atoms with Crippen molar-refractivity contribution in [1.82, 2.24) is 30.1 Å². The Kier molecular flexibility index (Phi) is 6.68. The van der Waals surface area contributed by atoms with Gasteiger partial charge in [-0.1, -0.05) is 26.7 Å². The van der Waals surface area contributed by atoms with Crippen LogP contribution in [0.25, 0.3) is 10.9 Å². The molecule has 1 aromatic carbocycles. The number of aromatic nitrogens is 5. The van der Waals surface area contributed by atoms with Gasteiger partial charge in [-0.15, -0.1) is 5.10 Å². The number of pyridine rings is 1. The monoisotopic (exact) mass is 476 g/mol. The molecule has 4 aromatic rings. The van der Waals surface area contributed by atoms with Crippen LogP contribution in [0, 0.1) is 5.92 Å². The molecular weight excluding hydrogens is 444 g/mol. The molecule has 184 valence electrons. The number of tetrazole rings is 1. The van der Waals surface area contributed by atoms with Crippen molar-refractivity contribution in [1.29, 1.82) is 0 Å². The number of furan rings is 1. The first-order valence-corrected chi connectivity index (χ1v) is 12.3. The first-order chi connectivity index (χ1) is 17.0. The average molecular weight is 477 g/mol. The van der Waals surface area contributed by atoms with Gasteiger partial charge in [0.05, 0.1) is 19.4 Å².